The van der Waals surface area contributed by atoms with Crippen molar-refractivity contribution in [3.8, 4) is 5.88 Å². The van der Waals surface area contributed by atoms with Crippen LogP contribution in [-0.2, 0) is 16.1 Å². The lowest BCUT2D eigenvalue weighted by molar-refractivity contribution is -0.686. The molecule has 3 amide bonds. The minimum absolute atomic E-state index is 0.0301. The number of H-pyrrole nitrogens is 1. The Kier molecular flexibility index (Phi) is 6.68. The van der Waals surface area contributed by atoms with Crippen LogP contribution in [0.3, 0.4) is 0 Å². The molecule has 0 radical (unpaired) electrons. The van der Waals surface area contributed by atoms with Crippen molar-refractivity contribution in [1.29, 1.82) is 0 Å². The van der Waals surface area contributed by atoms with Crippen molar-refractivity contribution in [3.05, 3.63) is 33.8 Å². The van der Waals surface area contributed by atoms with E-state index >= 15 is 0 Å². The van der Waals surface area contributed by atoms with E-state index in [1.165, 1.54) is 20.1 Å². The maximum absolute atomic E-state index is 13.1. The van der Waals surface area contributed by atoms with Gasteiger partial charge in [-0.15, -0.1) is 0 Å². The molecule has 1 aliphatic heterocycles. The fourth-order valence-corrected chi connectivity index (χ4v) is 4.45. The van der Waals surface area contributed by atoms with E-state index in [0.29, 0.717) is 30.7 Å². The van der Waals surface area contributed by atoms with E-state index in [1.807, 2.05) is 13.8 Å². The van der Waals surface area contributed by atoms with E-state index in [0.717, 1.165) is 19.3 Å². The monoisotopic (exact) mass is 485 g/mol. The highest BCUT2D eigenvalue weighted by Gasteiger charge is 2.35. The molecule has 1 aliphatic carbocycles. The third-order valence-corrected chi connectivity index (χ3v) is 6.33. The first-order chi connectivity index (χ1) is 16.6. The van der Waals surface area contributed by atoms with Crippen LogP contribution in [0.25, 0.3) is 11.7 Å². The van der Waals surface area contributed by atoms with E-state index in [9.17, 15) is 24.3 Å². The molecule has 0 bridgehead atoms. The predicted molar refractivity (Wildman–Crippen MR) is 128 cm³/mol. The average Bonchev–Trinajstić information content (AvgIpc) is 3.30. The highest BCUT2D eigenvalue weighted by molar-refractivity contribution is 5.97. The molecule has 2 fully saturated rings. The van der Waals surface area contributed by atoms with Crippen LogP contribution in [0.1, 0.15) is 55.5 Å². The Labute approximate surface area is 203 Å². The van der Waals surface area contributed by atoms with Gasteiger partial charge in [-0.1, -0.05) is 18.4 Å². The van der Waals surface area contributed by atoms with Crippen molar-refractivity contribution in [2.45, 2.75) is 58.2 Å². The number of rotatable bonds is 7. The summed E-state index contributed by atoms with van der Waals surface area (Å²) in [5.74, 6) is -1.32. The van der Waals surface area contributed by atoms with Gasteiger partial charge in [-0.05, 0) is 37.7 Å². The van der Waals surface area contributed by atoms with E-state index in [-0.39, 0.29) is 29.3 Å². The summed E-state index contributed by atoms with van der Waals surface area (Å²) in [6.45, 7) is 4.75. The summed E-state index contributed by atoms with van der Waals surface area (Å²) in [7, 11) is 3.34. The highest BCUT2D eigenvalue weighted by Crippen LogP contribution is 2.22. The fraction of sp³-hybridized carbons (Fsp3) is 0.542. The topological polar surface area (TPSA) is 131 Å². The van der Waals surface area contributed by atoms with E-state index in [4.69, 9.17) is 0 Å². The molecular weight excluding hydrogens is 452 g/mol. The second-order valence-electron chi connectivity index (χ2n) is 9.90. The number of hydrogen-bond donors (Lipinski definition) is 3. The third-order valence-electron chi connectivity index (χ3n) is 6.33. The Bertz CT molecular complexity index is 1250. The van der Waals surface area contributed by atoms with Crippen molar-refractivity contribution in [3.63, 3.8) is 0 Å². The smallest absolute Gasteiger partial charge is 0.378 e. The summed E-state index contributed by atoms with van der Waals surface area (Å²) >= 11 is 0. The Morgan fingerprint density at radius 3 is 2.63 bits per heavy atom. The van der Waals surface area contributed by atoms with Gasteiger partial charge in [0, 0.05) is 32.8 Å². The van der Waals surface area contributed by atoms with Crippen molar-refractivity contribution in [2.75, 3.05) is 20.6 Å². The molecule has 35 heavy (non-hydrogen) atoms. The van der Waals surface area contributed by atoms with Gasteiger partial charge in [-0.2, -0.15) is 4.57 Å². The van der Waals surface area contributed by atoms with Crippen molar-refractivity contribution >= 4 is 29.4 Å². The van der Waals surface area contributed by atoms with Crippen LogP contribution in [0, 0.1) is 5.92 Å². The molecule has 2 aromatic heterocycles. The number of aromatic hydroxyl groups is 1. The number of nitrogens with zero attached hydrogens (tertiary/aromatic N) is 4. The SMILES string of the molecule is CC(C)C[n+]1c(O)c(C(=O)NC2CC2)c(=O)n2[nH]cc(/C=C/C(=O)N3CCC[C@H]3C(=O)N(C)C)c21. The highest BCUT2D eigenvalue weighted by atomic mass is 16.3. The van der Waals surface area contributed by atoms with E-state index < -0.39 is 23.4 Å². The fourth-order valence-electron chi connectivity index (χ4n) is 4.45. The molecule has 11 heteroatoms. The number of carbonyl (C=O) groups excluding carboxylic acids is 3. The number of fused-ring (bicyclic) bond motifs is 1. The number of likely N-dealkylation sites (tertiary alicyclic amines) is 1. The molecule has 1 saturated carbocycles. The minimum Gasteiger partial charge on any atom is -0.477 e. The van der Waals surface area contributed by atoms with Crippen LogP contribution in [0.5, 0.6) is 5.88 Å². The zero-order valence-corrected chi connectivity index (χ0v) is 20.6. The number of carbonyl (C=O) groups is 3. The zero-order chi connectivity index (χ0) is 25.4. The maximum Gasteiger partial charge on any atom is 0.378 e. The van der Waals surface area contributed by atoms with Crippen LogP contribution in [0.2, 0.25) is 0 Å². The predicted octanol–water partition coefficient (Wildman–Crippen LogP) is 0.261. The Morgan fingerprint density at radius 1 is 1.29 bits per heavy atom. The molecule has 3 heterocycles. The summed E-state index contributed by atoms with van der Waals surface area (Å²) in [4.78, 5) is 54.3. The van der Waals surface area contributed by atoms with Crippen LogP contribution >= 0.6 is 0 Å². The first kappa shape index (κ1) is 24.5. The first-order valence-electron chi connectivity index (χ1n) is 12.0. The summed E-state index contributed by atoms with van der Waals surface area (Å²) < 4.78 is 2.73. The van der Waals surface area contributed by atoms with Gasteiger partial charge in [0.25, 0.3) is 5.91 Å². The quantitative estimate of drug-likeness (QED) is 0.383. The van der Waals surface area contributed by atoms with Gasteiger partial charge in [-0.25, -0.2) is 9.89 Å². The van der Waals surface area contributed by atoms with Crippen molar-refractivity contribution in [2.24, 2.45) is 5.92 Å². The second-order valence-corrected chi connectivity index (χ2v) is 9.90. The molecule has 11 nitrogen and oxygen atoms in total. The number of hydrogen-bond acceptors (Lipinski definition) is 5. The van der Waals surface area contributed by atoms with Gasteiger partial charge in [0.2, 0.25) is 17.4 Å². The molecule has 2 aliphatic rings. The number of aromatic amines is 1. The summed E-state index contributed by atoms with van der Waals surface area (Å²) in [5, 5.41) is 16.6. The zero-order valence-electron chi connectivity index (χ0n) is 20.6. The number of nitrogens with one attached hydrogen (secondary N) is 2. The number of likely N-dealkylation sites (N-methyl/N-ethyl adjacent to an activating group) is 1. The Morgan fingerprint density at radius 2 is 2.00 bits per heavy atom. The molecule has 2 aromatic rings. The molecule has 0 aromatic carbocycles. The molecule has 0 unspecified atom stereocenters. The normalized spacial score (nSPS) is 18.1. The van der Waals surface area contributed by atoms with Crippen molar-refractivity contribution in [1.82, 2.24) is 24.7 Å². The van der Waals surface area contributed by atoms with E-state index in [1.54, 1.807) is 31.3 Å². The first-order valence-corrected chi connectivity index (χ1v) is 12.0. The van der Waals surface area contributed by atoms with Gasteiger partial charge in [0.15, 0.2) is 0 Å². The van der Waals surface area contributed by atoms with Crippen molar-refractivity contribution < 1.29 is 24.1 Å². The lowest BCUT2D eigenvalue weighted by Crippen LogP contribution is -2.46. The lowest BCUT2D eigenvalue weighted by atomic mass is 10.2. The maximum atomic E-state index is 13.1. The number of aromatic nitrogens is 3. The molecule has 1 atom stereocenters. The van der Waals surface area contributed by atoms with Gasteiger partial charge >= 0.3 is 17.1 Å². The second kappa shape index (κ2) is 9.55. The number of amides is 3. The standard InChI is InChI=1S/C24H32N6O5/c1-14(2)13-29-21-15(7-10-18(31)28-11-5-6-17(28)22(33)27(3)4)12-25-30(21)24(35)19(23(29)34)20(32)26-16-8-9-16/h7,10,12,14,16-17H,5-6,8-9,11,13H2,1-4H3,(H2,26,32,34,35)/p+1/b10-7+/t17-/m0/s1. The molecular formula is C24H33N6O5+. The van der Waals surface area contributed by atoms with E-state index in [2.05, 4.69) is 10.4 Å². The third kappa shape index (κ3) is 4.80. The largest absolute Gasteiger partial charge is 0.477 e. The van der Waals surface area contributed by atoms with Crippen LogP contribution in [0.4, 0.5) is 0 Å². The van der Waals surface area contributed by atoms with Gasteiger partial charge in [0.05, 0.1) is 18.3 Å². The Balaban J connectivity index is 1.71. The lowest BCUT2D eigenvalue weighted by Gasteiger charge is -2.25. The Hall–Kier alpha value is -3.63. The molecule has 0 spiro atoms. The molecule has 1 saturated heterocycles. The van der Waals surface area contributed by atoms with Crippen LogP contribution < -0.4 is 15.4 Å². The van der Waals surface area contributed by atoms with Crippen LogP contribution in [0.15, 0.2) is 17.1 Å². The molecule has 4 rings (SSSR count). The minimum atomic E-state index is -0.669. The summed E-state index contributed by atoms with van der Waals surface area (Å²) in [6, 6.07) is -0.460. The molecule has 3 N–H and O–H groups in total. The van der Waals surface area contributed by atoms with Crippen LogP contribution in [-0.4, -0.2) is 75.0 Å². The van der Waals surface area contributed by atoms with Gasteiger partial charge < -0.3 is 20.2 Å². The van der Waals surface area contributed by atoms with Gasteiger partial charge in [0.1, 0.15) is 6.04 Å². The summed E-state index contributed by atoms with van der Waals surface area (Å²) in [5.41, 5.74) is -0.144. The molecule has 188 valence electrons. The average molecular weight is 486 g/mol. The van der Waals surface area contributed by atoms with Gasteiger partial charge in [-0.3, -0.25) is 14.4 Å². The summed E-state index contributed by atoms with van der Waals surface area (Å²) in [6.07, 6.45) is 7.55.